The Hall–Kier alpha value is -2.94. The lowest BCUT2D eigenvalue weighted by Gasteiger charge is -2.19. The average Bonchev–Trinajstić information content (AvgIpc) is 3.45. The second kappa shape index (κ2) is 6.52. The zero-order valence-corrected chi connectivity index (χ0v) is 13.9. The number of aromatic nitrogens is 1. The van der Waals surface area contributed by atoms with Gasteiger partial charge < -0.3 is 5.32 Å². The second-order valence-electron chi connectivity index (χ2n) is 6.54. The lowest BCUT2D eigenvalue weighted by molar-refractivity contribution is -0.122. The molecule has 0 saturated heterocycles. The molecule has 0 spiro atoms. The summed E-state index contributed by atoms with van der Waals surface area (Å²) in [6, 6.07) is 24.6. The summed E-state index contributed by atoms with van der Waals surface area (Å²) in [5, 5.41) is 3.08. The third kappa shape index (κ3) is 2.93. The Labute approximate surface area is 147 Å². The van der Waals surface area contributed by atoms with Gasteiger partial charge in [0.2, 0.25) is 5.91 Å². The molecule has 1 atom stereocenters. The summed E-state index contributed by atoms with van der Waals surface area (Å²) in [5.74, 6) is 0.0746. The average molecular weight is 328 g/mol. The lowest BCUT2D eigenvalue weighted by atomic mass is 9.85. The van der Waals surface area contributed by atoms with Crippen molar-refractivity contribution in [2.45, 2.75) is 18.4 Å². The molecule has 1 fully saturated rings. The number of amides is 1. The highest BCUT2D eigenvalue weighted by molar-refractivity contribution is 5.86. The first-order chi connectivity index (χ1) is 12.3. The van der Waals surface area contributed by atoms with Crippen LogP contribution in [-0.2, 0) is 16.8 Å². The molecule has 1 N–H and O–H groups in total. The molecule has 0 unspecified atom stereocenters. The van der Waals surface area contributed by atoms with Crippen LogP contribution in [0.5, 0.6) is 0 Å². The Bertz CT molecular complexity index is 807. The fourth-order valence-corrected chi connectivity index (χ4v) is 3.67. The molecular weight excluding hydrogens is 308 g/mol. The summed E-state index contributed by atoms with van der Waals surface area (Å²) in [7, 11) is 0. The zero-order chi connectivity index (χ0) is 17.1. The smallest absolute Gasteiger partial charge is 0.224 e. The number of nitrogens with zero attached hydrogens (tertiary/aromatic N) is 1. The molecule has 0 radical (unpaired) electrons. The van der Waals surface area contributed by atoms with Crippen molar-refractivity contribution in [2.24, 2.45) is 5.92 Å². The zero-order valence-electron chi connectivity index (χ0n) is 13.9. The number of benzene rings is 2. The predicted molar refractivity (Wildman–Crippen MR) is 97.9 cm³/mol. The van der Waals surface area contributed by atoms with E-state index in [-0.39, 0.29) is 17.2 Å². The van der Waals surface area contributed by atoms with Gasteiger partial charge in [-0.15, -0.1) is 0 Å². The van der Waals surface area contributed by atoms with Crippen molar-refractivity contribution in [3.8, 4) is 0 Å². The van der Waals surface area contributed by atoms with Gasteiger partial charge in [-0.05, 0) is 29.2 Å². The summed E-state index contributed by atoms with van der Waals surface area (Å²) >= 11 is 0. The number of hydrogen-bond donors (Lipinski definition) is 1. The van der Waals surface area contributed by atoms with Gasteiger partial charge in [-0.25, -0.2) is 0 Å². The van der Waals surface area contributed by atoms with Crippen molar-refractivity contribution in [1.29, 1.82) is 0 Å². The number of rotatable bonds is 5. The van der Waals surface area contributed by atoms with Gasteiger partial charge in [-0.1, -0.05) is 66.7 Å². The van der Waals surface area contributed by atoms with Crippen LogP contribution in [0.4, 0.5) is 0 Å². The Balaban J connectivity index is 1.57. The molecular formula is C22H20N2O. The monoisotopic (exact) mass is 328 g/mol. The fraction of sp³-hybridized carbons (Fsp3) is 0.182. The highest BCUT2D eigenvalue weighted by atomic mass is 16.2. The van der Waals surface area contributed by atoms with E-state index in [2.05, 4.69) is 34.6 Å². The minimum atomic E-state index is -0.207. The SMILES string of the molecule is O=C(NCc1cccnc1)[C@H]1CC1(c1ccccc1)c1ccccc1. The van der Waals surface area contributed by atoms with Gasteiger partial charge in [-0.3, -0.25) is 9.78 Å². The second-order valence-corrected chi connectivity index (χ2v) is 6.54. The molecule has 1 amide bonds. The van der Waals surface area contributed by atoms with E-state index in [0.717, 1.165) is 12.0 Å². The summed E-state index contributed by atoms with van der Waals surface area (Å²) < 4.78 is 0. The van der Waals surface area contributed by atoms with Crippen molar-refractivity contribution >= 4 is 5.91 Å². The molecule has 1 aromatic heterocycles. The number of nitrogens with one attached hydrogen (secondary N) is 1. The van der Waals surface area contributed by atoms with E-state index in [1.165, 1.54) is 11.1 Å². The van der Waals surface area contributed by atoms with Gasteiger partial charge in [-0.2, -0.15) is 0 Å². The minimum absolute atomic E-state index is 0.0334. The van der Waals surface area contributed by atoms with Crippen LogP contribution in [0.3, 0.4) is 0 Å². The maximum Gasteiger partial charge on any atom is 0.224 e. The van der Waals surface area contributed by atoms with Crippen LogP contribution >= 0.6 is 0 Å². The molecule has 124 valence electrons. The first-order valence-electron chi connectivity index (χ1n) is 8.58. The Morgan fingerprint density at radius 2 is 1.60 bits per heavy atom. The van der Waals surface area contributed by atoms with Crippen molar-refractivity contribution in [2.75, 3.05) is 0 Å². The van der Waals surface area contributed by atoms with Crippen molar-refractivity contribution in [1.82, 2.24) is 10.3 Å². The molecule has 3 aromatic rings. The third-order valence-electron chi connectivity index (χ3n) is 5.04. The van der Waals surface area contributed by atoms with Crippen molar-refractivity contribution in [3.63, 3.8) is 0 Å². The molecule has 1 saturated carbocycles. The Kier molecular flexibility index (Phi) is 4.06. The van der Waals surface area contributed by atoms with Crippen LogP contribution in [0.15, 0.2) is 85.2 Å². The van der Waals surface area contributed by atoms with E-state index in [1.807, 2.05) is 48.5 Å². The number of carbonyl (C=O) groups is 1. The summed E-state index contributed by atoms with van der Waals surface area (Å²) in [4.78, 5) is 16.9. The van der Waals surface area contributed by atoms with Gasteiger partial charge in [0.15, 0.2) is 0 Å². The quantitative estimate of drug-likeness (QED) is 0.776. The van der Waals surface area contributed by atoms with Gasteiger partial charge in [0.05, 0.1) is 5.92 Å². The van der Waals surface area contributed by atoms with E-state index in [1.54, 1.807) is 12.4 Å². The Morgan fingerprint density at radius 1 is 0.960 bits per heavy atom. The molecule has 3 heteroatoms. The third-order valence-corrected chi connectivity index (χ3v) is 5.04. The first-order valence-corrected chi connectivity index (χ1v) is 8.58. The van der Waals surface area contributed by atoms with E-state index < -0.39 is 0 Å². The van der Waals surface area contributed by atoms with E-state index >= 15 is 0 Å². The largest absolute Gasteiger partial charge is 0.352 e. The Morgan fingerprint density at radius 3 is 2.16 bits per heavy atom. The highest BCUT2D eigenvalue weighted by Gasteiger charge is 2.60. The van der Waals surface area contributed by atoms with E-state index in [4.69, 9.17) is 0 Å². The molecule has 4 rings (SSSR count). The van der Waals surface area contributed by atoms with E-state index in [0.29, 0.717) is 6.54 Å². The molecule has 1 aliphatic carbocycles. The topological polar surface area (TPSA) is 42.0 Å². The maximum atomic E-state index is 12.8. The first kappa shape index (κ1) is 15.6. The van der Waals surface area contributed by atoms with Crippen LogP contribution in [0.1, 0.15) is 23.1 Å². The predicted octanol–water partition coefficient (Wildman–Crippen LogP) is 3.70. The van der Waals surface area contributed by atoms with E-state index in [9.17, 15) is 4.79 Å². The van der Waals surface area contributed by atoms with Crippen LogP contribution in [-0.4, -0.2) is 10.9 Å². The minimum Gasteiger partial charge on any atom is -0.352 e. The number of hydrogen-bond acceptors (Lipinski definition) is 2. The summed E-state index contributed by atoms with van der Waals surface area (Å²) in [6.07, 6.45) is 4.37. The number of carbonyl (C=O) groups excluding carboxylic acids is 1. The van der Waals surface area contributed by atoms with Gasteiger partial charge >= 0.3 is 0 Å². The molecule has 0 aliphatic heterocycles. The lowest BCUT2D eigenvalue weighted by Crippen LogP contribution is -2.28. The van der Waals surface area contributed by atoms with Crippen LogP contribution in [0, 0.1) is 5.92 Å². The molecule has 1 aliphatic rings. The molecule has 2 aromatic carbocycles. The normalized spacial score (nSPS) is 17.7. The van der Waals surface area contributed by atoms with Gasteiger partial charge in [0.1, 0.15) is 0 Å². The van der Waals surface area contributed by atoms with Crippen LogP contribution in [0.25, 0.3) is 0 Å². The van der Waals surface area contributed by atoms with Crippen LogP contribution < -0.4 is 5.32 Å². The maximum absolute atomic E-state index is 12.8. The van der Waals surface area contributed by atoms with Gasteiger partial charge in [0, 0.05) is 24.4 Å². The molecule has 0 bridgehead atoms. The molecule has 1 heterocycles. The van der Waals surface area contributed by atoms with Crippen molar-refractivity contribution < 1.29 is 4.79 Å². The number of pyridine rings is 1. The standard InChI is InChI=1S/C22H20N2O/c25-21(24-16-17-8-7-13-23-15-17)20-14-22(20,18-9-3-1-4-10-18)19-11-5-2-6-12-19/h1-13,15,20H,14,16H2,(H,24,25)/t20-/m1/s1. The summed E-state index contributed by atoms with van der Waals surface area (Å²) in [6.45, 7) is 0.517. The van der Waals surface area contributed by atoms with Crippen molar-refractivity contribution in [3.05, 3.63) is 102 Å². The highest BCUT2D eigenvalue weighted by Crippen LogP contribution is 2.58. The fourth-order valence-electron chi connectivity index (χ4n) is 3.67. The summed E-state index contributed by atoms with van der Waals surface area (Å²) in [5.41, 5.74) is 3.23. The molecule has 25 heavy (non-hydrogen) atoms. The molecule has 3 nitrogen and oxygen atoms in total. The van der Waals surface area contributed by atoms with Crippen LogP contribution in [0.2, 0.25) is 0 Å². The van der Waals surface area contributed by atoms with Gasteiger partial charge in [0.25, 0.3) is 0 Å².